The van der Waals surface area contributed by atoms with Crippen molar-refractivity contribution in [2.24, 2.45) is 5.73 Å². The summed E-state index contributed by atoms with van der Waals surface area (Å²) in [6.07, 6.45) is 8.51. The molecule has 1 aliphatic carbocycles. The number of hydrogen-bond acceptors (Lipinski definition) is 5. The van der Waals surface area contributed by atoms with E-state index in [4.69, 9.17) is 43.6 Å². The SMILES string of the molecule is C1=CCCC1.C=O.CO.COC(C)C.NC(=O)CC(=O)Nc1cc(Cl)cc(Cl)c1. The predicted octanol–water partition coefficient (Wildman–Crippen LogP) is 4.00. The molecule has 0 unspecified atom stereocenters. The van der Waals surface area contributed by atoms with E-state index in [2.05, 4.69) is 17.5 Å². The van der Waals surface area contributed by atoms with Crippen molar-refractivity contribution in [3.63, 3.8) is 0 Å². The number of primary amides is 1. The highest BCUT2D eigenvalue weighted by Gasteiger charge is 2.07. The Labute approximate surface area is 183 Å². The number of carbonyl (C=O) groups excluding carboxylic acids is 3. The molecule has 0 saturated heterocycles. The Bertz CT molecular complexity index is 570. The first-order valence-corrected chi connectivity index (χ1v) is 9.45. The van der Waals surface area contributed by atoms with Gasteiger partial charge in [0.25, 0.3) is 0 Å². The number of nitrogens with one attached hydrogen (secondary N) is 1. The molecule has 166 valence electrons. The lowest BCUT2D eigenvalue weighted by molar-refractivity contribution is -0.124. The van der Waals surface area contributed by atoms with Gasteiger partial charge in [-0.15, -0.1) is 0 Å². The van der Waals surface area contributed by atoms with E-state index in [1.807, 2.05) is 20.6 Å². The van der Waals surface area contributed by atoms with Gasteiger partial charge in [-0.2, -0.15) is 0 Å². The Morgan fingerprint density at radius 1 is 1.14 bits per heavy atom. The zero-order valence-corrected chi connectivity index (χ0v) is 18.9. The number of benzene rings is 1. The lowest BCUT2D eigenvalue weighted by Crippen LogP contribution is -2.21. The van der Waals surface area contributed by atoms with Gasteiger partial charge >= 0.3 is 0 Å². The second kappa shape index (κ2) is 22.4. The smallest absolute Gasteiger partial charge is 0.233 e. The fourth-order valence-corrected chi connectivity index (χ4v) is 2.10. The molecule has 2 rings (SSSR count). The minimum Gasteiger partial charge on any atom is -0.400 e. The van der Waals surface area contributed by atoms with Crippen molar-refractivity contribution in [2.45, 2.75) is 45.6 Å². The highest BCUT2D eigenvalue weighted by Crippen LogP contribution is 2.22. The summed E-state index contributed by atoms with van der Waals surface area (Å²) in [5.74, 6) is -1.19. The molecule has 0 saturated carbocycles. The van der Waals surface area contributed by atoms with E-state index >= 15 is 0 Å². The molecular weight excluding hydrogens is 419 g/mol. The van der Waals surface area contributed by atoms with Gasteiger partial charge in [0.15, 0.2) is 0 Å². The summed E-state index contributed by atoms with van der Waals surface area (Å²) in [7, 11) is 2.70. The van der Waals surface area contributed by atoms with E-state index in [1.165, 1.54) is 37.5 Å². The number of ether oxygens (including phenoxy) is 1. The van der Waals surface area contributed by atoms with E-state index in [-0.39, 0.29) is 6.42 Å². The molecule has 2 amide bonds. The van der Waals surface area contributed by atoms with E-state index in [1.54, 1.807) is 7.11 Å². The molecule has 4 N–H and O–H groups in total. The van der Waals surface area contributed by atoms with Crippen LogP contribution in [0.5, 0.6) is 0 Å². The van der Waals surface area contributed by atoms with Crippen molar-refractivity contribution in [3.05, 3.63) is 40.4 Å². The molecule has 29 heavy (non-hydrogen) atoms. The van der Waals surface area contributed by atoms with Crippen LogP contribution in [0.25, 0.3) is 0 Å². The molecule has 0 fully saturated rings. The minimum atomic E-state index is -0.694. The highest BCUT2D eigenvalue weighted by atomic mass is 35.5. The number of allylic oxidation sites excluding steroid dienone is 2. The first kappa shape index (κ1) is 31.8. The molecule has 9 heteroatoms. The van der Waals surface area contributed by atoms with Gasteiger partial charge in [0.1, 0.15) is 13.2 Å². The number of methoxy groups -OCH3 is 1. The molecule has 1 aromatic rings. The second-order valence-electron chi connectivity index (χ2n) is 5.54. The first-order chi connectivity index (χ1) is 13.7. The lowest BCUT2D eigenvalue weighted by Gasteiger charge is -2.04. The highest BCUT2D eigenvalue weighted by molar-refractivity contribution is 6.35. The monoisotopic (exact) mass is 450 g/mol. The second-order valence-corrected chi connectivity index (χ2v) is 6.41. The maximum atomic E-state index is 11.1. The number of aliphatic hydroxyl groups excluding tert-OH is 1. The molecule has 0 aromatic heterocycles. The summed E-state index contributed by atoms with van der Waals surface area (Å²) in [5.41, 5.74) is 5.28. The van der Waals surface area contributed by atoms with Crippen molar-refractivity contribution in [2.75, 3.05) is 19.5 Å². The van der Waals surface area contributed by atoms with E-state index in [0.717, 1.165) is 7.11 Å². The topological polar surface area (TPSA) is 119 Å². The Kier molecular flexibility index (Phi) is 24.5. The van der Waals surface area contributed by atoms with Crippen molar-refractivity contribution < 1.29 is 24.2 Å². The Morgan fingerprint density at radius 3 is 1.83 bits per heavy atom. The number of aliphatic hydroxyl groups is 1. The fraction of sp³-hybridized carbons (Fsp3) is 0.450. The molecular formula is C20H32Cl2N2O5. The Hall–Kier alpha value is -1.93. The standard InChI is InChI=1S/C9H8Cl2N2O2.C5H8.C4H10O.CH4O.CH2O/c10-5-1-6(11)3-7(2-5)13-9(15)4-8(12)14;1-2-4-5-3-1;1-4(2)5-3;2*1-2/h1-3H,4H2,(H2,12,14)(H,13,15);1-2H,3-5H2;4H,1-3H3;2H,1H3;1H2. The number of halogens is 2. The average molecular weight is 451 g/mol. The number of anilines is 1. The maximum Gasteiger partial charge on any atom is 0.233 e. The molecule has 0 heterocycles. The van der Waals surface area contributed by atoms with Crippen LogP contribution in [0.1, 0.15) is 39.5 Å². The summed E-state index contributed by atoms with van der Waals surface area (Å²) >= 11 is 11.4. The van der Waals surface area contributed by atoms with Crippen molar-refractivity contribution in [1.82, 2.24) is 0 Å². The van der Waals surface area contributed by atoms with Crippen LogP contribution in [0.2, 0.25) is 10.0 Å². The first-order valence-electron chi connectivity index (χ1n) is 8.70. The molecule has 0 spiro atoms. The van der Waals surface area contributed by atoms with Crippen LogP contribution >= 0.6 is 23.2 Å². The van der Waals surface area contributed by atoms with E-state index in [9.17, 15) is 9.59 Å². The molecule has 1 aliphatic rings. The zero-order valence-electron chi connectivity index (χ0n) is 17.4. The molecule has 7 nitrogen and oxygen atoms in total. The van der Waals surface area contributed by atoms with Crippen LogP contribution in [-0.2, 0) is 19.1 Å². The molecule has 0 radical (unpaired) electrons. The minimum absolute atomic E-state index is 0.371. The lowest BCUT2D eigenvalue weighted by atomic mass is 10.3. The number of hydrogen-bond donors (Lipinski definition) is 3. The molecule has 0 aliphatic heterocycles. The summed E-state index contributed by atoms with van der Waals surface area (Å²) < 4.78 is 4.75. The van der Waals surface area contributed by atoms with Gasteiger partial charge in [-0.05, 0) is 51.3 Å². The summed E-state index contributed by atoms with van der Waals surface area (Å²) in [6.45, 7) is 6.00. The number of amides is 2. The van der Waals surface area contributed by atoms with Crippen molar-refractivity contribution >= 4 is 47.5 Å². The third-order valence-electron chi connectivity index (χ3n) is 2.86. The molecule has 1 aromatic carbocycles. The van der Waals surface area contributed by atoms with Crippen LogP contribution in [0, 0.1) is 0 Å². The van der Waals surface area contributed by atoms with Gasteiger partial charge in [-0.1, -0.05) is 35.4 Å². The third kappa shape index (κ3) is 24.0. The Balaban J connectivity index is -0.000000395. The normalized spacial score (nSPS) is 10.6. The van der Waals surface area contributed by atoms with Crippen LogP contribution in [0.4, 0.5) is 5.69 Å². The van der Waals surface area contributed by atoms with Crippen LogP contribution in [-0.4, -0.2) is 44.0 Å². The number of rotatable bonds is 4. The van der Waals surface area contributed by atoms with Gasteiger partial charge in [-0.3, -0.25) is 9.59 Å². The summed E-state index contributed by atoms with van der Waals surface area (Å²) in [5, 5.41) is 10.2. The number of carbonyl (C=O) groups is 3. The van der Waals surface area contributed by atoms with Crippen molar-refractivity contribution in [3.8, 4) is 0 Å². The van der Waals surface area contributed by atoms with Gasteiger partial charge in [0.05, 0.1) is 6.10 Å². The van der Waals surface area contributed by atoms with Crippen LogP contribution < -0.4 is 11.1 Å². The summed E-state index contributed by atoms with van der Waals surface area (Å²) in [4.78, 5) is 29.6. The largest absolute Gasteiger partial charge is 0.400 e. The fourth-order valence-electron chi connectivity index (χ4n) is 1.58. The Morgan fingerprint density at radius 2 is 1.55 bits per heavy atom. The van der Waals surface area contributed by atoms with Gasteiger partial charge in [0.2, 0.25) is 11.8 Å². The van der Waals surface area contributed by atoms with Gasteiger partial charge < -0.3 is 25.7 Å². The number of nitrogens with two attached hydrogens (primary N) is 1. The van der Waals surface area contributed by atoms with E-state index in [0.29, 0.717) is 21.8 Å². The van der Waals surface area contributed by atoms with Gasteiger partial charge in [0, 0.05) is 30.0 Å². The van der Waals surface area contributed by atoms with E-state index < -0.39 is 11.8 Å². The molecule has 0 bridgehead atoms. The van der Waals surface area contributed by atoms with Crippen LogP contribution in [0.15, 0.2) is 30.4 Å². The predicted molar refractivity (Wildman–Crippen MR) is 119 cm³/mol. The molecule has 0 atom stereocenters. The van der Waals surface area contributed by atoms with Gasteiger partial charge in [-0.25, -0.2) is 0 Å². The maximum absolute atomic E-state index is 11.1. The summed E-state index contributed by atoms with van der Waals surface area (Å²) in [6, 6.07) is 4.57. The average Bonchev–Trinajstić information content (AvgIpc) is 3.24. The van der Waals surface area contributed by atoms with Crippen LogP contribution in [0.3, 0.4) is 0 Å². The zero-order chi connectivity index (χ0) is 23.2. The van der Waals surface area contributed by atoms with Crippen molar-refractivity contribution in [1.29, 1.82) is 0 Å². The third-order valence-corrected chi connectivity index (χ3v) is 3.30. The quantitative estimate of drug-likeness (QED) is 0.472.